The fourth-order valence-corrected chi connectivity index (χ4v) is 3.11. The summed E-state index contributed by atoms with van der Waals surface area (Å²) in [6, 6.07) is 18.2. The third-order valence-electron chi connectivity index (χ3n) is 4.13. The number of imidazole rings is 1. The van der Waals surface area contributed by atoms with Gasteiger partial charge < -0.3 is 5.32 Å². The molecule has 124 valence electrons. The van der Waals surface area contributed by atoms with Gasteiger partial charge in [-0.05, 0) is 42.8 Å². The van der Waals surface area contributed by atoms with E-state index in [4.69, 9.17) is 11.6 Å². The molecule has 4 rings (SSSR count). The number of halogens is 2. The average Bonchev–Trinajstić information content (AvgIpc) is 2.95. The van der Waals surface area contributed by atoms with E-state index in [1.807, 2.05) is 60.0 Å². The predicted octanol–water partition coefficient (Wildman–Crippen LogP) is 5.85. The molecule has 1 N–H and O–H groups in total. The number of hydrogen-bond donors (Lipinski definition) is 1. The summed E-state index contributed by atoms with van der Waals surface area (Å²) >= 11 is 6.28. The molecule has 25 heavy (non-hydrogen) atoms. The van der Waals surface area contributed by atoms with Crippen molar-refractivity contribution in [1.82, 2.24) is 9.38 Å². The summed E-state index contributed by atoms with van der Waals surface area (Å²) in [5, 5.41) is 3.72. The highest BCUT2D eigenvalue weighted by Crippen LogP contribution is 2.37. The van der Waals surface area contributed by atoms with Gasteiger partial charge in [0, 0.05) is 11.9 Å². The topological polar surface area (TPSA) is 29.3 Å². The fourth-order valence-electron chi connectivity index (χ4n) is 2.85. The molecule has 2 heterocycles. The van der Waals surface area contributed by atoms with Gasteiger partial charge in [0.05, 0.1) is 10.6 Å². The molecule has 3 nitrogen and oxygen atoms in total. The Bertz CT molecular complexity index is 1050. The third kappa shape index (κ3) is 2.75. The lowest BCUT2D eigenvalue weighted by molar-refractivity contribution is 0.631. The first-order chi connectivity index (χ1) is 12.1. The zero-order valence-corrected chi connectivity index (χ0v) is 14.3. The normalized spacial score (nSPS) is 11.0. The van der Waals surface area contributed by atoms with E-state index < -0.39 is 5.82 Å². The van der Waals surface area contributed by atoms with Gasteiger partial charge in [0.25, 0.3) is 0 Å². The molecule has 0 saturated carbocycles. The molecule has 0 unspecified atom stereocenters. The van der Waals surface area contributed by atoms with E-state index in [-0.39, 0.29) is 0 Å². The van der Waals surface area contributed by atoms with Crippen molar-refractivity contribution >= 4 is 28.8 Å². The standard InChI is InChI=1S/C20H15ClFN3/c1-13-7-2-3-10-16(13)23-20-19(18-14(21)8-6-9-15(18)22)24-17-11-4-5-12-25(17)20/h2-12,23H,1H3. The highest BCUT2D eigenvalue weighted by Gasteiger charge is 2.20. The number of nitrogens with zero attached hydrogens (tertiary/aromatic N) is 2. The van der Waals surface area contributed by atoms with Crippen molar-refractivity contribution in [3.05, 3.63) is 83.3 Å². The Kier molecular flexibility index (Phi) is 3.90. The number of pyridine rings is 1. The monoisotopic (exact) mass is 351 g/mol. The molecule has 0 fully saturated rings. The largest absolute Gasteiger partial charge is 0.339 e. The van der Waals surface area contributed by atoms with E-state index >= 15 is 0 Å². The van der Waals surface area contributed by atoms with Gasteiger partial charge in [-0.3, -0.25) is 4.40 Å². The van der Waals surface area contributed by atoms with Crippen molar-refractivity contribution in [2.45, 2.75) is 6.92 Å². The molecule has 0 radical (unpaired) electrons. The van der Waals surface area contributed by atoms with Crippen molar-refractivity contribution in [1.29, 1.82) is 0 Å². The van der Waals surface area contributed by atoms with Gasteiger partial charge >= 0.3 is 0 Å². The highest BCUT2D eigenvalue weighted by atomic mass is 35.5. The summed E-state index contributed by atoms with van der Waals surface area (Å²) < 4.78 is 16.4. The number of rotatable bonds is 3. The summed E-state index contributed by atoms with van der Waals surface area (Å²) in [6.45, 7) is 2.02. The Morgan fingerprint density at radius 1 is 1.00 bits per heavy atom. The van der Waals surface area contributed by atoms with Crippen LogP contribution < -0.4 is 5.32 Å². The molecule has 0 atom stereocenters. The first-order valence-corrected chi connectivity index (χ1v) is 8.27. The van der Waals surface area contributed by atoms with E-state index in [0.717, 1.165) is 11.3 Å². The van der Waals surface area contributed by atoms with Crippen molar-refractivity contribution in [2.24, 2.45) is 0 Å². The number of benzene rings is 2. The number of aryl methyl sites for hydroxylation is 1. The van der Waals surface area contributed by atoms with Crippen LogP contribution in [0, 0.1) is 12.7 Å². The highest BCUT2D eigenvalue weighted by molar-refractivity contribution is 6.33. The maximum atomic E-state index is 14.5. The SMILES string of the molecule is Cc1ccccc1Nc1c(-c2c(F)cccc2Cl)nc2ccccn12. The Hall–Kier alpha value is -2.85. The molecule has 2 aromatic heterocycles. The summed E-state index contributed by atoms with van der Waals surface area (Å²) in [6.07, 6.45) is 1.89. The van der Waals surface area contributed by atoms with Crippen LogP contribution in [0.2, 0.25) is 5.02 Å². The van der Waals surface area contributed by atoms with Gasteiger partial charge in [-0.2, -0.15) is 0 Å². The quantitative estimate of drug-likeness (QED) is 0.502. The Morgan fingerprint density at radius 2 is 1.80 bits per heavy atom. The van der Waals surface area contributed by atoms with Crippen LogP contribution in [0.15, 0.2) is 66.9 Å². The van der Waals surface area contributed by atoms with Crippen molar-refractivity contribution in [3.63, 3.8) is 0 Å². The second-order valence-electron chi connectivity index (χ2n) is 5.77. The smallest absolute Gasteiger partial charge is 0.143 e. The minimum absolute atomic E-state index is 0.295. The molecule has 0 aliphatic rings. The summed E-state index contributed by atoms with van der Waals surface area (Å²) in [7, 11) is 0. The first-order valence-electron chi connectivity index (χ1n) is 7.89. The molecule has 0 aliphatic heterocycles. The maximum absolute atomic E-state index is 14.5. The van der Waals surface area contributed by atoms with Crippen LogP contribution in [0.4, 0.5) is 15.9 Å². The molecule has 2 aromatic carbocycles. The van der Waals surface area contributed by atoms with Crippen LogP contribution in [0.5, 0.6) is 0 Å². The lowest BCUT2D eigenvalue weighted by Crippen LogP contribution is -1.99. The van der Waals surface area contributed by atoms with Gasteiger partial charge in [-0.15, -0.1) is 0 Å². The fraction of sp³-hybridized carbons (Fsp3) is 0.0500. The van der Waals surface area contributed by atoms with Crippen LogP contribution >= 0.6 is 11.6 Å². The van der Waals surface area contributed by atoms with E-state index in [0.29, 0.717) is 27.7 Å². The molecule has 5 heteroatoms. The van der Waals surface area contributed by atoms with E-state index in [1.54, 1.807) is 12.1 Å². The minimum Gasteiger partial charge on any atom is -0.339 e. The van der Waals surface area contributed by atoms with Crippen LogP contribution in [0.1, 0.15) is 5.56 Å². The molecular formula is C20H15ClFN3. The maximum Gasteiger partial charge on any atom is 0.143 e. The minimum atomic E-state index is -0.399. The predicted molar refractivity (Wildman–Crippen MR) is 100 cm³/mol. The van der Waals surface area contributed by atoms with Gasteiger partial charge in [0.1, 0.15) is 23.0 Å². The van der Waals surface area contributed by atoms with Crippen LogP contribution in [0.25, 0.3) is 16.9 Å². The molecule has 0 amide bonds. The summed E-state index contributed by atoms with van der Waals surface area (Å²) in [5.74, 6) is 0.278. The lowest BCUT2D eigenvalue weighted by atomic mass is 10.1. The number of para-hydroxylation sites is 1. The third-order valence-corrected chi connectivity index (χ3v) is 4.44. The van der Waals surface area contributed by atoms with E-state index in [2.05, 4.69) is 10.3 Å². The lowest BCUT2D eigenvalue weighted by Gasteiger charge is -2.12. The van der Waals surface area contributed by atoms with Gasteiger partial charge in [0.2, 0.25) is 0 Å². The second kappa shape index (κ2) is 6.22. The van der Waals surface area contributed by atoms with E-state index in [1.165, 1.54) is 6.07 Å². The Morgan fingerprint density at radius 3 is 2.60 bits per heavy atom. The Balaban J connectivity index is 1.98. The zero-order valence-electron chi connectivity index (χ0n) is 13.5. The number of nitrogens with one attached hydrogen (secondary N) is 1. The molecule has 0 aliphatic carbocycles. The summed E-state index contributed by atoms with van der Waals surface area (Å²) in [4.78, 5) is 4.61. The van der Waals surface area contributed by atoms with Gasteiger partial charge in [0.15, 0.2) is 0 Å². The van der Waals surface area contributed by atoms with Crippen LogP contribution in [0.3, 0.4) is 0 Å². The molecule has 4 aromatic rings. The number of anilines is 2. The zero-order chi connectivity index (χ0) is 17.4. The number of fused-ring (bicyclic) bond motifs is 1. The van der Waals surface area contributed by atoms with Crippen LogP contribution in [-0.4, -0.2) is 9.38 Å². The van der Waals surface area contributed by atoms with Crippen molar-refractivity contribution < 1.29 is 4.39 Å². The Labute approximate surface area is 149 Å². The molecule has 0 saturated heterocycles. The molecule has 0 spiro atoms. The average molecular weight is 352 g/mol. The summed E-state index contributed by atoms with van der Waals surface area (Å²) in [5.41, 5.74) is 3.51. The molecular weight excluding hydrogens is 337 g/mol. The van der Waals surface area contributed by atoms with Crippen LogP contribution in [-0.2, 0) is 0 Å². The number of aromatic nitrogens is 2. The van der Waals surface area contributed by atoms with Gasteiger partial charge in [-0.25, -0.2) is 9.37 Å². The van der Waals surface area contributed by atoms with Gasteiger partial charge in [-0.1, -0.05) is 41.9 Å². The first kappa shape index (κ1) is 15.7. The van der Waals surface area contributed by atoms with Crippen molar-refractivity contribution in [2.75, 3.05) is 5.32 Å². The number of hydrogen-bond acceptors (Lipinski definition) is 2. The van der Waals surface area contributed by atoms with E-state index in [9.17, 15) is 4.39 Å². The van der Waals surface area contributed by atoms with Crippen molar-refractivity contribution in [3.8, 4) is 11.3 Å². The molecule has 0 bridgehead atoms. The second-order valence-corrected chi connectivity index (χ2v) is 6.18.